The van der Waals surface area contributed by atoms with E-state index < -0.39 is 5.97 Å². The van der Waals surface area contributed by atoms with Crippen LogP contribution < -0.4 is 0 Å². The SMILES string of the molecule is Cc1cc(Br)ccc1CC(=O)N(CCC(=O)O)CC(C)C. The molecule has 0 atom stereocenters. The van der Waals surface area contributed by atoms with Gasteiger partial charge in [0.1, 0.15) is 0 Å². The molecule has 116 valence electrons. The first-order valence-corrected chi connectivity index (χ1v) is 7.83. The van der Waals surface area contributed by atoms with Crippen LogP contribution >= 0.6 is 15.9 Å². The van der Waals surface area contributed by atoms with Gasteiger partial charge in [0.25, 0.3) is 0 Å². The second-order valence-electron chi connectivity index (χ2n) is 5.62. The highest BCUT2D eigenvalue weighted by Crippen LogP contribution is 2.17. The first kappa shape index (κ1) is 17.7. The Balaban J connectivity index is 2.77. The zero-order valence-corrected chi connectivity index (χ0v) is 14.3. The van der Waals surface area contributed by atoms with E-state index in [0.717, 1.165) is 15.6 Å². The summed E-state index contributed by atoms with van der Waals surface area (Å²) in [5.74, 6) is -0.583. The number of nitrogens with zero attached hydrogens (tertiary/aromatic N) is 1. The van der Waals surface area contributed by atoms with E-state index in [2.05, 4.69) is 15.9 Å². The molecule has 1 amide bonds. The molecule has 1 N–H and O–H groups in total. The highest BCUT2D eigenvalue weighted by Gasteiger charge is 2.17. The standard InChI is InChI=1S/C16H22BrNO3/c1-11(2)10-18(7-6-16(20)21)15(19)9-13-4-5-14(17)8-12(13)3/h4-5,8,11H,6-7,9-10H2,1-3H3,(H,20,21). The van der Waals surface area contributed by atoms with Crippen LogP contribution in [0.1, 0.15) is 31.4 Å². The van der Waals surface area contributed by atoms with Crippen LogP contribution in [0.15, 0.2) is 22.7 Å². The maximum atomic E-state index is 12.4. The van der Waals surface area contributed by atoms with Gasteiger partial charge in [-0.15, -0.1) is 0 Å². The molecule has 1 aromatic rings. The highest BCUT2D eigenvalue weighted by atomic mass is 79.9. The average molecular weight is 356 g/mol. The van der Waals surface area contributed by atoms with E-state index in [-0.39, 0.29) is 18.9 Å². The lowest BCUT2D eigenvalue weighted by Gasteiger charge is -2.24. The summed E-state index contributed by atoms with van der Waals surface area (Å²) in [5, 5.41) is 8.80. The lowest BCUT2D eigenvalue weighted by molar-refractivity contribution is -0.138. The maximum Gasteiger partial charge on any atom is 0.305 e. The maximum absolute atomic E-state index is 12.4. The quantitative estimate of drug-likeness (QED) is 0.816. The molecule has 0 aliphatic heterocycles. The number of carboxylic acid groups (broad SMARTS) is 1. The summed E-state index contributed by atoms with van der Waals surface area (Å²) >= 11 is 3.40. The number of halogens is 1. The molecule has 0 aliphatic rings. The van der Waals surface area contributed by atoms with Gasteiger partial charge < -0.3 is 10.0 Å². The second kappa shape index (κ2) is 8.17. The minimum Gasteiger partial charge on any atom is -0.481 e. The molecule has 5 heteroatoms. The Bertz CT molecular complexity index is 514. The second-order valence-corrected chi connectivity index (χ2v) is 6.54. The molecule has 0 spiro atoms. The monoisotopic (exact) mass is 355 g/mol. The number of aryl methyl sites for hydroxylation is 1. The van der Waals surface area contributed by atoms with Crippen LogP contribution in [0.3, 0.4) is 0 Å². The van der Waals surface area contributed by atoms with E-state index in [4.69, 9.17) is 5.11 Å². The van der Waals surface area contributed by atoms with E-state index in [1.807, 2.05) is 39.0 Å². The van der Waals surface area contributed by atoms with Crippen molar-refractivity contribution in [3.05, 3.63) is 33.8 Å². The van der Waals surface area contributed by atoms with E-state index in [0.29, 0.717) is 18.9 Å². The lowest BCUT2D eigenvalue weighted by Crippen LogP contribution is -2.37. The van der Waals surface area contributed by atoms with Crippen molar-refractivity contribution in [2.75, 3.05) is 13.1 Å². The fourth-order valence-electron chi connectivity index (χ4n) is 2.12. The fraction of sp³-hybridized carbons (Fsp3) is 0.500. The van der Waals surface area contributed by atoms with Gasteiger partial charge in [0.05, 0.1) is 12.8 Å². The molecule has 1 aromatic carbocycles. The predicted molar refractivity (Wildman–Crippen MR) is 86.3 cm³/mol. The number of hydrogen-bond acceptors (Lipinski definition) is 2. The Morgan fingerprint density at radius 2 is 2.00 bits per heavy atom. The van der Waals surface area contributed by atoms with Gasteiger partial charge in [0, 0.05) is 17.6 Å². The molecule has 0 aliphatic carbocycles. The van der Waals surface area contributed by atoms with Gasteiger partial charge in [-0.3, -0.25) is 9.59 Å². The van der Waals surface area contributed by atoms with Gasteiger partial charge in [-0.2, -0.15) is 0 Å². The summed E-state index contributed by atoms with van der Waals surface area (Å²) < 4.78 is 0.987. The topological polar surface area (TPSA) is 57.6 Å². The summed E-state index contributed by atoms with van der Waals surface area (Å²) in [6.07, 6.45) is 0.295. The normalized spacial score (nSPS) is 10.7. The van der Waals surface area contributed by atoms with E-state index >= 15 is 0 Å². The van der Waals surface area contributed by atoms with Crippen LogP contribution in [0, 0.1) is 12.8 Å². The highest BCUT2D eigenvalue weighted by molar-refractivity contribution is 9.10. The summed E-state index contributed by atoms with van der Waals surface area (Å²) in [4.78, 5) is 24.8. The molecule has 0 saturated heterocycles. The number of amides is 1. The van der Waals surface area contributed by atoms with Crippen molar-refractivity contribution in [3.63, 3.8) is 0 Å². The molecule has 4 nitrogen and oxygen atoms in total. The van der Waals surface area contributed by atoms with E-state index in [1.165, 1.54) is 0 Å². The Hall–Kier alpha value is -1.36. The molecule has 0 unspecified atom stereocenters. The molecule has 0 saturated carbocycles. The minimum atomic E-state index is -0.878. The van der Waals surface area contributed by atoms with Gasteiger partial charge in [0.15, 0.2) is 0 Å². The van der Waals surface area contributed by atoms with Crippen molar-refractivity contribution in [1.82, 2.24) is 4.90 Å². The largest absolute Gasteiger partial charge is 0.481 e. The molecule has 0 radical (unpaired) electrons. The zero-order chi connectivity index (χ0) is 16.0. The van der Waals surface area contributed by atoms with Crippen molar-refractivity contribution < 1.29 is 14.7 Å². The fourth-order valence-corrected chi connectivity index (χ4v) is 2.60. The number of hydrogen-bond donors (Lipinski definition) is 1. The van der Waals surface area contributed by atoms with Crippen LogP contribution in [-0.2, 0) is 16.0 Å². The predicted octanol–water partition coefficient (Wildman–Crippen LogP) is 3.26. The molecule has 0 heterocycles. The number of benzene rings is 1. The van der Waals surface area contributed by atoms with E-state index in [9.17, 15) is 9.59 Å². The average Bonchev–Trinajstić information content (AvgIpc) is 2.37. The van der Waals surface area contributed by atoms with Crippen molar-refractivity contribution in [2.45, 2.75) is 33.6 Å². The van der Waals surface area contributed by atoms with Gasteiger partial charge in [-0.25, -0.2) is 0 Å². The number of carboxylic acids is 1. The van der Waals surface area contributed by atoms with Gasteiger partial charge in [0.2, 0.25) is 5.91 Å². The van der Waals surface area contributed by atoms with Crippen LogP contribution in [-0.4, -0.2) is 35.0 Å². The van der Waals surface area contributed by atoms with Gasteiger partial charge >= 0.3 is 5.97 Å². The third kappa shape index (κ3) is 6.29. The lowest BCUT2D eigenvalue weighted by atomic mass is 10.0. The van der Waals surface area contributed by atoms with Crippen molar-refractivity contribution in [3.8, 4) is 0 Å². The van der Waals surface area contributed by atoms with Crippen molar-refractivity contribution in [1.29, 1.82) is 0 Å². The van der Waals surface area contributed by atoms with Crippen LogP contribution in [0.4, 0.5) is 0 Å². The Kier molecular flexibility index (Phi) is 6.89. The van der Waals surface area contributed by atoms with Crippen molar-refractivity contribution in [2.24, 2.45) is 5.92 Å². The summed E-state index contributed by atoms with van der Waals surface area (Å²) in [5.41, 5.74) is 2.03. The van der Waals surface area contributed by atoms with Gasteiger partial charge in [-0.1, -0.05) is 35.8 Å². The number of aliphatic carboxylic acids is 1. The Morgan fingerprint density at radius 1 is 1.33 bits per heavy atom. The molecular weight excluding hydrogens is 334 g/mol. The molecular formula is C16H22BrNO3. The third-order valence-electron chi connectivity index (χ3n) is 3.18. The van der Waals surface area contributed by atoms with Crippen LogP contribution in [0.5, 0.6) is 0 Å². The summed E-state index contributed by atoms with van der Waals surface area (Å²) in [7, 11) is 0. The molecule has 0 fully saturated rings. The minimum absolute atomic E-state index is 0.0161. The molecule has 21 heavy (non-hydrogen) atoms. The first-order valence-electron chi connectivity index (χ1n) is 7.04. The van der Waals surface area contributed by atoms with Gasteiger partial charge in [-0.05, 0) is 36.1 Å². The van der Waals surface area contributed by atoms with Crippen molar-refractivity contribution >= 4 is 27.8 Å². The Labute approximate surface area is 134 Å². The van der Waals surface area contributed by atoms with Crippen LogP contribution in [0.2, 0.25) is 0 Å². The Morgan fingerprint density at radius 3 is 2.52 bits per heavy atom. The number of rotatable bonds is 7. The molecule has 0 aromatic heterocycles. The van der Waals surface area contributed by atoms with E-state index in [1.54, 1.807) is 4.90 Å². The number of carbonyl (C=O) groups is 2. The zero-order valence-electron chi connectivity index (χ0n) is 12.7. The third-order valence-corrected chi connectivity index (χ3v) is 3.67. The summed E-state index contributed by atoms with van der Waals surface area (Å²) in [6.45, 7) is 6.86. The molecule has 0 bridgehead atoms. The first-order chi connectivity index (χ1) is 9.79. The smallest absolute Gasteiger partial charge is 0.305 e. The number of carbonyl (C=O) groups excluding carboxylic acids is 1. The molecule has 1 rings (SSSR count). The summed E-state index contributed by atoms with van der Waals surface area (Å²) in [6, 6.07) is 5.83. The van der Waals surface area contributed by atoms with Crippen LogP contribution in [0.25, 0.3) is 0 Å².